The van der Waals surface area contributed by atoms with Gasteiger partial charge in [0.1, 0.15) is 12.4 Å². The zero-order valence-corrected chi connectivity index (χ0v) is 9.60. The third-order valence-corrected chi connectivity index (χ3v) is 2.56. The minimum absolute atomic E-state index is 0.629. The van der Waals surface area contributed by atoms with E-state index in [0.29, 0.717) is 6.61 Å². The summed E-state index contributed by atoms with van der Waals surface area (Å²) in [4.78, 5) is 4.29. The Labute approximate surface area is 95.6 Å². The predicted molar refractivity (Wildman–Crippen MR) is 66.7 cm³/mol. The van der Waals surface area contributed by atoms with Gasteiger partial charge in [-0.25, -0.2) is 0 Å². The topological polar surface area (TPSA) is 22.1 Å². The molecule has 82 valence electrons. The van der Waals surface area contributed by atoms with Crippen LogP contribution in [0.25, 0.3) is 10.9 Å². The Morgan fingerprint density at radius 3 is 2.94 bits per heavy atom. The molecule has 2 heteroatoms. The number of aromatic nitrogens is 1. The molecule has 1 heterocycles. The molecular weight excluding hydrogens is 198 g/mol. The maximum atomic E-state index is 5.76. The molecule has 0 saturated carbocycles. The van der Waals surface area contributed by atoms with Crippen molar-refractivity contribution >= 4 is 10.9 Å². The van der Waals surface area contributed by atoms with E-state index in [4.69, 9.17) is 4.74 Å². The van der Waals surface area contributed by atoms with E-state index in [9.17, 15) is 0 Å². The third-order valence-electron chi connectivity index (χ3n) is 2.56. The number of allylic oxidation sites excluding steroid dienone is 1. The molecule has 0 bridgehead atoms. The molecule has 1 aromatic carbocycles. The second-order valence-corrected chi connectivity index (χ2v) is 3.75. The Morgan fingerprint density at radius 1 is 1.31 bits per heavy atom. The summed E-state index contributed by atoms with van der Waals surface area (Å²) in [6.45, 7) is 4.71. The number of hydrogen-bond acceptors (Lipinski definition) is 2. The van der Waals surface area contributed by atoms with Gasteiger partial charge in [-0.15, -0.1) is 0 Å². The largest absolute Gasteiger partial charge is 0.489 e. The molecule has 0 aliphatic rings. The van der Waals surface area contributed by atoms with Gasteiger partial charge >= 0.3 is 0 Å². The van der Waals surface area contributed by atoms with Crippen molar-refractivity contribution in [2.24, 2.45) is 0 Å². The quantitative estimate of drug-likeness (QED) is 0.727. The van der Waals surface area contributed by atoms with E-state index in [1.165, 1.54) is 5.57 Å². The van der Waals surface area contributed by atoms with Crippen molar-refractivity contribution in [3.63, 3.8) is 0 Å². The van der Waals surface area contributed by atoms with Gasteiger partial charge in [0, 0.05) is 11.6 Å². The molecule has 0 N–H and O–H groups in total. The highest BCUT2D eigenvalue weighted by Crippen LogP contribution is 2.23. The van der Waals surface area contributed by atoms with Crippen LogP contribution in [0, 0.1) is 0 Å². The zero-order valence-electron chi connectivity index (χ0n) is 9.60. The highest BCUT2D eigenvalue weighted by atomic mass is 16.5. The van der Waals surface area contributed by atoms with Gasteiger partial charge in [0.05, 0.1) is 5.52 Å². The highest BCUT2D eigenvalue weighted by Gasteiger charge is 2.01. The average Bonchev–Trinajstić information content (AvgIpc) is 2.35. The first-order valence-electron chi connectivity index (χ1n) is 5.39. The number of para-hydroxylation sites is 1. The lowest BCUT2D eigenvalue weighted by molar-refractivity contribution is 0.356. The van der Waals surface area contributed by atoms with Crippen LogP contribution in [-0.2, 0) is 0 Å². The van der Waals surface area contributed by atoms with E-state index in [1.54, 1.807) is 6.20 Å². The van der Waals surface area contributed by atoms with Crippen LogP contribution < -0.4 is 4.74 Å². The van der Waals surface area contributed by atoms with Gasteiger partial charge in [-0.05, 0) is 37.6 Å². The first-order valence-corrected chi connectivity index (χ1v) is 5.39. The monoisotopic (exact) mass is 213 g/mol. The summed E-state index contributed by atoms with van der Waals surface area (Å²) in [6, 6.07) is 9.91. The minimum atomic E-state index is 0.629. The van der Waals surface area contributed by atoms with Crippen molar-refractivity contribution in [3.05, 3.63) is 48.2 Å². The molecule has 2 nitrogen and oxygen atoms in total. The standard InChI is InChI=1S/C14H15NO/c1-3-11(2)10-16-14-8-9-15-13-7-5-4-6-12(13)14/h3-9H,10H2,1-2H3. The summed E-state index contributed by atoms with van der Waals surface area (Å²) in [7, 11) is 0. The number of nitrogens with zero attached hydrogens (tertiary/aromatic N) is 1. The Kier molecular flexibility index (Phi) is 3.20. The summed E-state index contributed by atoms with van der Waals surface area (Å²) < 4.78 is 5.76. The molecule has 0 spiro atoms. The van der Waals surface area contributed by atoms with E-state index in [2.05, 4.69) is 18.0 Å². The lowest BCUT2D eigenvalue weighted by Gasteiger charge is -2.08. The normalized spacial score (nSPS) is 11.8. The average molecular weight is 213 g/mol. The van der Waals surface area contributed by atoms with Crippen LogP contribution in [0.2, 0.25) is 0 Å². The Hall–Kier alpha value is -1.83. The van der Waals surface area contributed by atoms with Crippen molar-refractivity contribution in [1.82, 2.24) is 4.98 Å². The van der Waals surface area contributed by atoms with Crippen molar-refractivity contribution in [2.75, 3.05) is 6.61 Å². The number of ether oxygens (including phenoxy) is 1. The van der Waals surface area contributed by atoms with Gasteiger partial charge in [0.15, 0.2) is 0 Å². The SMILES string of the molecule is CC=C(C)COc1ccnc2ccccc12. The van der Waals surface area contributed by atoms with E-state index >= 15 is 0 Å². The minimum Gasteiger partial charge on any atom is -0.489 e. The lowest BCUT2D eigenvalue weighted by Crippen LogP contribution is -1.99. The molecule has 16 heavy (non-hydrogen) atoms. The van der Waals surface area contributed by atoms with Crippen molar-refractivity contribution < 1.29 is 4.74 Å². The fourth-order valence-electron chi connectivity index (χ4n) is 1.47. The van der Waals surface area contributed by atoms with Gasteiger partial charge < -0.3 is 4.74 Å². The summed E-state index contributed by atoms with van der Waals surface area (Å²) in [6.07, 6.45) is 3.84. The molecule has 0 amide bonds. The number of rotatable bonds is 3. The predicted octanol–water partition coefficient (Wildman–Crippen LogP) is 3.58. The Bertz CT molecular complexity index is 512. The van der Waals surface area contributed by atoms with Crippen LogP contribution in [0.5, 0.6) is 5.75 Å². The summed E-state index contributed by atoms with van der Waals surface area (Å²) in [5.74, 6) is 0.895. The molecular formula is C14H15NO. The second kappa shape index (κ2) is 4.79. The first-order chi connectivity index (χ1) is 7.81. The molecule has 0 radical (unpaired) electrons. The van der Waals surface area contributed by atoms with Crippen LogP contribution in [0.3, 0.4) is 0 Å². The fraction of sp³-hybridized carbons (Fsp3) is 0.214. The Balaban J connectivity index is 2.30. The molecule has 1 aromatic heterocycles. The number of pyridine rings is 1. The van der Waals surface area contributed by atoms with Crippen LogP contribution >= 0.6 is 0 Å². The first kappa shape index (κ1) is 10.7. The summed E-state index contributed by atoms with van der Waals surface area (Å²) >= 11 is 0. The second-order valence-electron chi connectivity index (χ2n) is 3.75. The maximum absolute atomic E-state index is 5.76. The molecule has 0 saturated heterocycles. The molecule has 2 rings (SSSR count). The van der Waals surface area contributed by atoms with Gasteiger partial charge in [0.2, 0.25) is 0 Å². The van der Waals surface area contributed by atoms with Crippen LogP contribution in [0.15, 0.2) is 48.2 Å². The smallest absolute Gasteiger partial charge is 0.130 e. The fourth-order valence-corrected chi connectivity index (χ4v) is 1.47. The van der Waals surface area contributed by atoms with Crippen LogP contribution in [0.1, 0.15) is 13.8 Å². The summed E-state index contributed by atoms with van der Waals surface area (Å²) in [5, 5.41) is 1.06. The van der Waals surface area contributed by atoms with Crippen LogP contribution in [-0.4, -0.2) is 11.6 Å². The molecule has 0 atom stereocenters. The van der Waals surface area contributed by atoms with Gasteiger partial charge in [-0.3, -0.25) is 4.98 Å². The van der Waals surface area contributed by atoms with Gasteiger partial charge in [-0.2, -0.15) is 0 Å². The van der Waals surface area contributed by atoms with Gasteiger partial charge in [0.25, 0.3) is 0 Å². The zero-order chi connectivity index (χ0) is 11.4. The molecule has 2 aromatic rings. The van der Waals surface area contributed by atoms with E-state index in [0.717, 1.165) is 16.7 Å². The van der Waals surface area contributed by atoms with E-state index in [1.807, 2.05) is 37.3 Å². The Morgan fingerprint density at radius 2 is 2.12 bits per heavy atom. The summed E-state index contributed by atoms with van der Waals surface area (Å²) in [5.41, 5.74) is 2.19. The number of fused-ring (bicyclic) bond motifs is 1. The van der Waals surface area contributed by atoms with E-state index in [-0.39, 0.29) is 0 Å². The van der Waals surface area contributed by atoms with Crippen molar-refractivity contribution in [3.8, 4) is 5.75 Å². The van der Waals surface area contributed by atoms with Crippen molar-refractivity contribution in [2.45, 2.75) is 13.8 Å². The molecule has 0 aliphatic heterocycles. The molecule has 0 fully saturated rings. The van der Waals surface area contributed by atoms with Crippen LogP contribution in [0.4, 0.5) is 0 Å². The van der Waals surface area contributed by atoms with Gasteiger partial charge in [-0.1, -0.05) is 18.2 Å². The number of benzene rings is 1. The van der Waals surface area contributed by atoms with E-state index < -0.39 is 0 Å². The maximum Gasteiger partial charge on any atom is 0.130 e. The lowest BCUT2D eigenvalue weighted by atomic mass is 10.2. The highest BCUT2D eigenvalue weighted by molar-refractivity contribution is 5.84. The number of hydrogen-bond donors (Lipinski definition) is 0. The third kappa shape index (κ3) is 2.22. The molecule has 0 unspecified atom stereocenters. The van der Waals surface area contributed by atoms with Crippen molar-refractivity contribution in [1.29, 1.82) is 0 Å². The molecule has 0 aliphatic carbocycles.